The zero-order valence-electron chi connectivity index (χ0n) is 9.31. The summed E-state index contributed by atoms with van der Waals surface area (Å²) >= 11 is 23.5. The Morgan fingerprint density at radius 2 is 1.56 bits per heavy atom. The Labute approximate surface area is 125 Å². The maximum Gasteiger partial charge on any atom is 0.0642 e. The third-order valence-electron chi connectivity index (χ3n) is 2.45. The molecule has 102 valence electrons. The molecule has 0 aliphatic rings. The third kappa shape index (κ3) is 3.16. The summed E-state index contributed by atoms with van der Waals surface area (Å²) in [6.45, 7) is 1.73. The number of benzene rings is 1. The first-order chi connectivity index (χ1) is 8.25. The van der Waals surface area contributed by atoms with E-state index in [1.54, 1.807) is 6.92 Å². The van der Waals surface area contributed by atoms with Gasteiger partial charge in [0.05, 0.1) is 15.1 Å². The minimum Gasteiger partial charge on any atom is -0.807 e. The van der Waals surface area contributed by atoms with E-state index in [0.29, 0.717) is 12.0 Å². The minimum atomic E-state index is -5.04. The first-order valence-electron chi connectivity index (χ1n) is 5.02. The summed E-state index contributed by atoms with van der Waals surface area (Å²) in [5.41, 5.74) is 0.441. The van der Waals surface area contributed by atoms with Gasteiger partial charge in [0.2, 0.25) is 0 Å². The van der Waals surface area contributed by atoms with Crippen molar-refractivity contribution >= 4 is 59.3 Å². The summed E-state index contributed by atoms with van der Waals surface area (Å²) in [6, 6.07) is 0. The fraction of sp³-hybridized carbons (Fsp3) is 0.400. The van der Waals surface area contributed by atoms with Gasteiger partial charge in [-0.05, 0) is 31.6 Å². The van der Waals surface area contributed by atoms with E-state index < -0.39 is 12.9 Å². The zero-order chi connectivity index (χ0) is 14.1. The fourth-order valence-electron chi connectivity index (χ4n) is 1.66. The highest BCUT2D eigenvalue weighted by atomic mass is 35.5. The van der Waals surface area contributed by atoms with Gasteiger partial charge in [0, 0.05) is 11.2 Å². The van der Waals surface area contributed by atoms with E-state index in [9.17, 15) is 14.4 Å². The normalized spacial score (nSPS) is 11.9. The van der Waals surface area contributed by atoms with Crippen LogP contribution in [0.1, 0.15) is 18.1 Å². The lowest BCUT2D eigenvalue weighted by Gasteiger charge is -2.34. The predicted octanol–water partition coefficient (Wildman–Crippen LogP) is 2.53. The first kappa shape index (κ1) is 16.6. The molecule has 0 aliphatic heterocycles. The van der Waals surface area contributed by atoms with Gasteiger partial charge in [-0.3, -0.25) is 0 Å². The molecule has 8 heteroatoms. The number of hydrogen-bond donors (Lipinski definition) is 0. The van der Waals surface area contributed by atoms with Gasteiger partial charge < -0.3 is 14.4 Å². The number of rotatable bonds is 4. The summed E-state index contributed by atoms with van der Waals surface area (Å²) in [4.78, 5) is 22.6. The highest BCUT2D eigenvalue weighted by Crippen LogP contribution is 2.40. The summed E-state index contributed by atoms with van der Waals surface area (Å²) in [5.74, 6) is 0.102. The van der Waals surface area contributed by atoms with Crippen LogP contribution in [0.3, 0.4) is 0 Å². The molecule has 0 radical (unpaired) electrons. The van der Waals surface area contributed by atoms with E-state index in [2.05, 4.69) is 0 Å². The van der Waals surface area contributed by atoms with Crippen molar-refractivity contribution in [2.24, 2.45) is 0 Å². The Morgan fingerprint density at radius 1 is 1.06 bits per heavy atom. The van der Waals surface area contributed by atoms with Crippen molar-refractivity contribution in [1.29, 1.82) is 0 Å². The van der Waals surface area contributed by atoms with Crippen LogP contribution in [0.4, 0.5) is 0 Å². The molecule has 1 aromatic rings. The van der Waals surface area contributed by atoms with Crippen molar-refractivity contribution in [3.63, 3.8) is 0 Å². The van der Waals surface area contributed by atoms with Crippen molar-refractivity contribution in [1.82, 2.24) is 0 Å². The summed E-state index contributed by atoms with van der Waals surface area (Å²) in [7, 11) is -5.04. The molecule has 3 nitrogen and oxygen atoms in total. The fourth-order valence-corrected chi connectivity index (χ4v) is 4.19. The maximum atomic E-state index is 11.3. The van der Waals surface area contributed by atoms with Crippen LogP contribution in [0.15, 0.2) is 0 Å². The Hall–Kier alpha value is 0.530. The van der Waals surface area contributed by atoms with Gasteiger partial charge in [-0.15, -0.1) is 11.6 Å². The Balaban J connectivity index is 3.75. The van der Waals surface area contributed by atoms with Gasteiger partial charge in [0.1, 0.15) is 0 Å². The van der Waals surface area contributed by atoms with Crippen LogP contribution in [0.2, 0.25) is 15.1 Å². The molecule has 0 spiro atoms. The zero-order valence-corrected chi connectivity index (χ0v) is 13.2. The molecule has 1 aromatic carbocycles. The number of hydrogen-bond acceptors (Lipinski definition) is 3. The molecular formula is C10H9Cl4O3P-2. The molecular weight excluding hydrogens is 341 g/mol. The second-order valence-corrected chi connectivity index (χ2v) is 6.49. The SMILES string of the molecule is CCc1c(Cl)c(Cl)c(CCCl)c(P(=O)([O-])[O-])c1Cl. The summed E-state index contributed by atoms with van der Waals surface area (Å²) in [5, 5.41) is -0.446. The lowest BCUT2D eigenvalue weighted by molar-refractivity contribution is -0.307. The van der Waals surface area contributed by atoms with Crippen molar-refractivity contribution < 1.29 is 14.4 Å². The highest BCUT2D eigenvalue weighted by molar-refractivity contribution is 7.58. The van der Waals surface area contributed by atoms with Crippen molar-refractivity contribution in [2.75, 3.05) is 5.88 Å². The van der Waals surface area contributed by atoms with Crippen LogP contribution in [0.5, 0.6) is 0 Å². The van der Waals surface area contributed by atoms with Gasteiger partial charge in [0.15, 0.2) is 0 Å². The predicted molar refractivity (Wildman–Crippen MR) is 72.5 cm³/mol. The maximum absolute atomic E-state index is 11.3. The molecule has 0 amide bonds. The smallest absolute Gasteiger partial charge is 0.0642 e. The van der Waals surface area contributed by atoms with Gasteiger partial charge in [-0.25, -0.2) is 0 Å². The van der Waals surface area contributed by atoms with Crippen molar-refractivity contribution in [2.45, 2.75) is 19.8 Å². The molecule has 0 aromatic heterocycles. The van der Waals surface area contributed by atoms with Gasteiger partial charge in [-0.2, -0.15) is 0 Å². The molecule has 0 N–H and O–H groups in total. The first-order valence-corrected chi connectivity index (χ1v) is 8.23. The number of halogens is 4. The van der Waals surface area contributed by atoms with Crippen LogP contribution in [0, 0.1) is 0 Å². The Bertz CT molecular complexity index is 513. The van der Waals surface area contributed by atoms with Crippen LogP contribution in [0.25, 0.3) is 0 Å². The molecule has 1 rings (SSSR count). The molecule has 0 saturated heterocycles. The van der Waals surface area contributed by atoms with E-state index in [-0.39, 0.29) is 32.9 Å². The van der Waals surface area contributed by atoms with Crippen molar-refractivity contribution in [3.05, 3.63) is 26.2 Å². The van der Waals surface area contributed by atoms with Crippen LogP contribution in [-0.4, -0.2) is 5.88 Å². The van der Waals surface area contributed by atoms with E-state index in [1.165, 1.54) is 0 Å². The van der Waals surface area contributed by atoms with E-state index >= 15 is 0 Å². The second-order valence-electron chi connectivity index (χ2n) is 3.54. The molecule has 0 unspecified atom stereocenters. The topological polar surface area (TPSA) is 63.2 Å². The Kier molecular flexibility index (Phi) is 5.82. The van der Waals surface area contributed by atoms with E-state index in [4.69, 9.17) is 46.4 Å². The van der Waals surface area contributed by atoms with E-state index in [1.807, 2.05) is 0 Å². The highest BCUT2D eigenvalue weighted by Gasteiger charge is 2.21. The lowest BCUT2D eigenvalue weighted by atomic mass is 10.1. The van der Waals surface area contributed by atoms with Crippen LogP contribution in [-0.2, 0) is 17.4 Å². The molecule has 0 fully saturated rings. The second kappa shape index (κ2) is 6.32. The standard InChI is InChI=1S/C10H11Cl4O3P/c1-2-5-7(12)8(13)6(3-4-11)10(9(5)14)18(15,16)17/h2-4H2,1H3,(H2,15,16,17)/p-2. The molecule has 0 heterocycles. The Morgan fingerprint density at radius 3 is 1.94 bits per heavy atom. The van der Waals surface area contributed by atoms with Gasteiger partial charge >= 0.3 is 0 Å². The van der Waals surface area contributed by atoms with Gasteiger partial charge in [0.25, 0.3) is 0 Å². The summed E-state index contributed by atoms with van der Waals surface area (Å²) in [6.07, 6.45) is 0.471. The molecule has 0 bridgehead atoms. The van der Waals surface area contributed by atoms with E-state index in [0.717, 1.165) is 0 Å². The average molecular weight is 350 g/mol. The van der Waals surface area contributed by atoms with Gasteiger partial charge in [-0.1, -0.05) is 41.7 Å². The lowest BCUT2D eigenvalue weighted by Crippen LogP contribution is -2.30. The molecule has 0 saturated carbocycles. The quantitative estimate of drug-likeness (QED) is 0.476. The summed E-state index contributed by atoms with van der Waals surface area (Å²) < 4.78 is 11.3. The average Bonchev–Trinajstić information content (AvgIpc) is 2.25. The molecule has 0 aliphatic carbocycles. The third-order valence-corrected chi connectivity index (χ3v) is 5.16. The number of alkyl halides is 1. The molecule has 0 atom stereocenters. The minimum absolute atomic E-state index is 0.0282. The van der Waals surface area contributed by atoms with Crippen LogP contribution >= 0.6 is 54.0 Å². The molecule has 18 heavy (non-hydrogen) atoms. The van der Waals surface area contributed by atoms with Crippen LogP contribution < -0.4 is 15.1 Å². The monoisotopic (exact) mass is 348 g/mol. The van der Waals surface area contributed by atoms with Crippen molar-refractivity contribution in [3.8, 4) is 0 Å². The largest absolute Gasteiger partial charge is 0.807 e.